The largest absolute Gasteiger partial charge is 0.478 e. The fourth-order valence-electron chi connectivity index (χ4n) is 2.75. The number of amides is 1. The average Bonchev–Trinajstić information content (AvgIpc) is 2.94. The maximum atomic E-state index is 12.2. The number of carboxylic acid groups (broad SMARTS) is 1. The van der Waals surface area contributed by atoms with E-state index in [-0.39, 0.29) is 17.5 Å². The Morgan fingerprint density at radius 2 is 2.05 bits per heavy atom. The highest BCUT2D eigenvalue weighted by Gasteiger charge is 2.29. The van der Waals surface area contributed by atoms with Gasteiger partial charge in [0.05, 0.1) is 11.6 Å². The highest BCUT2D eigenvalue weighted by Crippen LogP contribution is 2.17. The topological polar surface area (TPSA) is 69.6 Å². The van der Waals surface area contributed by atoms with Crippen LogP contribution in [0.25, 0.3) is 0 Å². The molecule has 114 valence electrons. The highest BCUT2D eigenvalue weighted by molar-refractivity contribution is 5.87. The van der Waals surface area contributed by atoms with Crippen molar-refractivity contribution in [3.63, 3.8) is 0 Å². The minimum atomic E-state index is -0.938. The molecule has 1 amide bonds. The first-order valence-corrected chi connectivity index (χ1v) is 7.46. The van der Waals surface area contributed by atoms with E-state index in [0.717, 1.165) is 37.9 Å². The van der Waals surface area contributed by atoms with Crippen LogP contribution in [-0.2, 0) is 11.3 Å². The molecule has 2 rings (SSSR count). The predicted octanol–water partition coefficient (Wildman–Crippen LogP) is 1.88. The molecule has 0 saturated carbocycles. The minimum Gasteiger partial charge on any atom is -0.478 e. The third-order valence-electron chi connectivity index (χ3n) is 3.84. The molecule has 0 aliphatic carbocycles. The van der Waals surface area contributed by atoms with Crippen LogP contribution in [0.3, 0.4) is 0 Å². The molecule has 1 aliphatic rings. The van der Waals surface area contributed by atoms with Crippen LogP contribution < -0.4 is 5.32 Å². The molecule has 1 fully saturated rings. The number of likely N-dealkylation sites (tertiary alicyclic amines) is 1. The fourth-order valence-corrected chi connectivity index (χ4v) is 2.75. The summed E-state index contributed by atoms with van der Waals surface area (Å²) in [5.41, 5.74) is 1.17. The first kappa shape index (κ1) is 15.5. The van der Waals surface area contributed by atoms with Gasteiger partial charge in [0.2, 0.25) is 5.91 Å². The van der Waals surface area contributed by atoms with E-state index in [1.165, 1.54) is 0 Å². The van der Waals surface area contributed by atoms with Gasteiger partial charge < -0.3 is 10.4 Å². The lowest BCUT2D eigenvalue weighted by atomic mass is 10.1. The summed E-state index contributed by atoms with van der Waals surface area (Å²) >= 11 is 0. The second-order valence-electron chi connectivity index (χ2n) is 5.41. The van der Waals surface area contributed by atoms with Crippen LogP contribution in [0.15, 0.2) is 24.3 Å². The summed E-state index contributed by atoms with van der Waals surface area (Å²) in [6, 6.07) is 6.58. The Morgan fingerprint density at radius 1 is 1.33 bits per heavy atom. The molecule has 1 aliphatic heterocycles. The Labute approximate surface area is 125 Å². The molecule has 21 heavy (non-hydrogen) atoms. The standard InChI is InChI=1S/C16H22N2O3/c1-2-9-18-10-3-4-14(18)15(19)17-11-12-5-7-13(8-6-12)16(20)21/h5-8,14H,2-4,9-11H2,1H3,(H,17,19)(H,20,21)/t14-/m0/s1. The number of nitrogens with one attached hydrogen (secondary N) is 1. The molecule has 5 heteroatoms. The van der Waals surface area contributed by atoms with Crippen molar-refractivity contribution >= 4 is 11.9 Å². The fraction of sp³-hybridized carbons (Fsp3) is 0.500. The minimum absolute atomic E-state index is 0.0109. The molecule has 0 unspecified atom stereocenters. The van der Waals surface area contributed by atoms with Gasteiger partial charge in [0.25, 0.3) is 0 Å². The molecular weight excluding hydrogens is 268 g/mol. The highest BCUT2D eigenvalue weighted by atomic mass is 16.4. The molecular formula is C16H22N2O3. The van der Waals surface area contributed by atoms with E-state index in [9.17, 15) is 9.59 Å². The van der Waals surface area contributed by atoms with Gasteiger partial charge in [-0.3, -0.25) is 9.69 Å². The number of nitrogens with zero attached hydrogens (tertiary/aromatic N) is 1. The number of carbonyl (C=O) groups excluding carboxylic acids is 1. The van der Waals surface area contributed by atoms with Crippen molar-refractivity contribution in [3.05, 3.63) is 35.4 Å². The van der Waals surface area contributed by atoms with Crippen molar-refractivity contribution in [3.8, 4) is 0 Å². The molecule has 1 aromatic rings. The lowest BCUT2D eigenvalue weighted by molar-refractivity contribution is -0.125. The Kier molecular flexibility index (Phi) is 5.33. The number of carbonyl (C=O) groups is 2. The second-order valence-corrected chi connectivity index (χ2v) is 5.41. The van der Waals surface area contributed by atoms with Crippen molar-refractivity contribution in [1.29, 1.82) is 0 Å². The van der Waals surface area contributed by atoms with Gasteiger partial charge in [-0.25, -0.2) is 4.79 Å². The summed E-state index contributed by atoms with van der Waals surface area (Å²) < 4.78 is 0. The molecule has 0 aromatic heterocycles. The van der Waals surface area contributed by atoms with Crippen LogP contribution in [0, 0.1) is 0 Å². The molecule has 2 N–H and O–H groups in total. The van der Waals surface area contributed by atoms with Gasteiger partial charge in [-0.2, -0.15) is 0 Å². The Bertz CT molecular complexity index is 499. The van der Waals surface area contributed by atoms with Gasteiger partial charge >= 0.3 is 5.97 Å². The molecule has 0 spiro atoms. The number of aromatic carboxylic acids is 1. The number of benzene rings is 1. The zero-order valence-corrected chi connectivity index (χ0v) is 12.3. The quantitative estimate of drug-likeness (QED) is 0.839. The smallest absolute Gasteiger partial charge is 0.335 e. The van der Waals surface area contributed by atoms with E-state index < -0.39 is 5.97 Å². The van der Waals surface area contributed by atoms with Crippen LogP contribution in [0.2, 0.25) is 0 Å². The Morgan fingerprint density at radius 3 is 2.67 bits per heavy atom. The number of rotatable bonds is 6. The third-order valence-corrected chi connectivity index (χ3v) is 3.84. The molecule has 1 aromatic carbocycles. The third kappa shape index (κ3) is 4.04. The van der Waals surface area contributed by atoms with Crippen LogP contribution in [0.4, 0.5) is 0 Å². The SMILES string of the molecule is CCCN1CCC[C@H]1C(=O)NCc1ccc(C(=O)O)cc1. The molecule has 1 atom stereocenters. The normalized spacial score (nSPS) is 18.6. The van der Waals surface area contributed by atoms with Crippen molar-refractivity contribution in [2.24, 2.45) is 0 Å². The zero-order chi connectivity index (χ0) is 15.2. The van der Waals surface area contributed by atoms with Crippen LogP contribution in [0.5, 0.6) is 0 Å². The van der Waals surface area contributed by atoms with Gasteiger partial charge in [0.1, 0.15) is 0 Å². The van der Waals surface area contributed by atoms with Crippen LogP contribution in [0.1, 0.15) is 42.1 Å². The summed E-state index contributed by atoms with van der Waals surface area (Å²) in [6.07, 6.45) is 3.05. The molecule has 0 bridgehead atoms. The zero-order valence-electron chi connectivity index (χ0n) is 12.3. The summed E-state index contributed by atoms with van der Waals surface area (Å²) in [4.78, 5) is 25.2. The summed E-state index contributed by atoms with van der Waals surface area (Å²) in [5, 5.41) is 11.8. The van der Waals surface area contributed by atoms with Crippen LogP contribution >= 0.6 is 0 Å². The molecule has 1 heterocycles. The summed E-state index contributed by atoms with van der Waals surface area (Å²) in [6.45, 7) is 4.52. The number of hydrogen-bond donors (Lipinski definition) is 2. The molecule has 0 radical (unpaired) electrons. The average molecular weight is 290 g/mol. The van der Waals surface area contributed by atoms with E-state index in [0.29, 0.717) is 6.54 Å². The predicted molar refractivity (Wildman–Crippen MR) is 80.1 cm³/mol. The van der Waals surface area contributed by atoms with Gasteiger partial charge in [-0.1, -0.05) is 19.1 Å². The second kappa shape index (κ2) is 7.22. The maximum absolute atomic E-state index is 12.2. The van der Waals surface area contributed by atoms with Crippen LogP contribution in [-0.4, -0.2) is 41.0 Å². The summed E-state index contributed by atoms with van der Waals surface area (Å²) in [7, 11) is 0. The van der Waals surface area contributed by atoms with E-state index in [2.05, 4.69) is 17.1 Å². The lowest BCUT2D eigenvalue weighted by Crippen LogP contribution is -2.43. The first-order chi connectivity index (χ1) is 10.1. The number of hydrogen-bond acceptors (Lipinski definition) is 3. The van der Waals surface area contributed by atoms with Gasteiger partial charge in [-0.05, 0) is 50.0 Å². The van der Waals surface area contributed by atoms with E-state index in [4.69, 9.17) is 5.11 Å². The first-order valence-electron chi connectivity index (χ1n) is 7.46. The van der Waals surface area contributed by atoms with E-state index >= 15 is 0 Å². The molecule has 1 saturated heterocycles. The Balaban J connectivity index is 1.87. The van der Waals surface area contributed by atoms with Gasteiger partial charge in [-0.15, -0.1) is 0 Å². The van der Waals surface area contributed by atoms with Crippen molar-refractivity contribution < 1.29 is 14.7 Å². The summed E-state index contributed by atoms with van der Waals surface area (Å²) in [5.74, 6) is -0.866. The lowest BCUT2D eigenvalue weighted by Gasteiger charge is -2.22. The van der Waals surface area contributed by atoms with Crippen molar-refractivity contribution in [2.45, 2.75) is 38.8 Å². The van der Waals surface area contributed by atoms with Gasteiger partial charge in [0, 0.05) is 6.54 Å². The van der Waals surface area contributed by atoms with E-state index in [1.54, 1.807) is 24.3 Å². The Hall–Kier alpha value is -1.88. The maximum Gasteiger partial charge on any atom is 0.335 e. The van der Waals surface area contributed by atoms with E-state index in [1.807, 2.05) is 0 Å². The molecule has 5 nitrogen and oxygen atoms in total. The number of carboxylic acids is 1. The van der Waals surface area contributed by atoms with Crippen molar-refractivity contribution in [1.82, 2.24) is 10.2 Å². The van der Waals surface area contributed by atoms with Gasteiger partial charge in [0.15, 0.2) is 0 Å². The monoisotopic (exact) mass is 290 g/mol. The van der Waals surface area contributed by atoms with Crippen molar-refractivity contribution in [2.75, 3.05) is 13.1 Å².